The highest BCUT2D eigenvalue weighted by Gasteiger charge is 2.31. The number of carbonyl (C=O) groups is 2. The minimum atomic E-state index is -0.0723. The Hall–Kier alpha value is -2.65. The molecule has 2 aromatic rings. The summed E-state index contributed by atoms with van der Waals surface area (Å²) in [6.07, 6.45) is 2.73. The zero-order valence-electron chi connectivity index (χ0n) is 15.9. The molecule has 2 N–H and O–H groups in total. The Bertz CT molecular complexity index is 956. The number of nitrogens with one attached hydrogen (secondary N) is 2. The third-order valence-corrected chi connectivity index (χ3v) is 6.18. The van der Waals surface area contributed by atoms with Crippen LogP contribution in [0.4, 0.5) is 10.8 Å². The fourth-order valence-electron chi connectivity index (χ4n) is 3.51. The monoisotopic (exact) mass is 414 g/mol. The number of rotatable bonds is 5. The van der Waals surface area contributed by atoms with Gasteiger partial charge in [-0.15, -0.1) is 11.3 Å². The van der Waals surface area contributed by atoms with Gasteiger partial charge in [0.05, 0.1) is 12.2 Å². The molecule has 152 valence electrons. The number of hydrogen-bond acceptors (Lipinski definition) is 7. The van der Waals surface area contributed by atoms with Gasteiger partial charge in [0.25, 0.3) is 0 Å². The van der Waals surface area contributed by atoms with Crippen LogP contribution in [0.5, 0.6) is 11.5 Å². The first-order valence-electron chi connectivity index (χ1n) is 9.85. The van der Waals surface area contributed by atoms with E-state index >= 15 is 0 Å². The number of aromatic nitrogens is 1. The maximum Gasteiger partial charge on any atom is 0.238 e. The molecule has 0 radical (unpaired) electrons. The number of fused-ring (bicyclic) bond motifs is 2. The molecule has 3 aliphatic rings. The van der Waals surface area contributed by atoms with E-state index in [0.717, 1.165) is 36.4 Å². The molecule has 29 heavy (non-hydrogen) atoms. The van der Waals surface area contributed by atoms with E-state index in [1.807, 2.05) is 12.1 Å². The average molecular weight is 414 g/mol. The first kappa shape index (κ1) is 18.4. The molecule has 5 rings (SSSR count). The van der Waals surface area contributed by atoms with E-state index < -0.39 is 0 Å². The molecule has 3 heterocycles. The molecule has 0 unspecified atom stereocenters. The van der Waals surface area contributed by atoms with Crippen molar-refractivity contribution in [3.8, 4) is 11.5 Å². The summed E-state index contributed by atoms with van der Waals surface area (Å²) >= 11 is 1.51. The lowest BCUT2D eigenvalue weighted by Gasteiger charge is -2.25. The lowest BCUT2D eigenvalue weighted by Crippen LogP contribution is -2.36. The van der Waals surface area contributed by atoms with Gasteiger partial charge in [0.2, 0.25) is 11.8 Å². The van der Waals surface area contributed by atoms with Gasteiger partial charge >= 0.3 is 0 Å². The minimum Gasteiger partial charge on any atom is -0.486 e. The summed E-state index contributed by atoms with van der Waals surface area (Å²) in [5.41, 5.74) is 1.73. The molecule has 1 aromatic heterocycles. The fraction of sp³-hybridized carbons (Fsp3) is 0.450. The molecule has 0 saturated heterocycles. The van der Waals surface area contributed by atoms with E-state index in [2.05, 4.69) is 20.5 Å². The van der Waals surface area contributed by atoms with Crippen LogP contribution in [0.2, 0.25) is 0 Å². The van der Waals surface area contributed by atoms with Gasteiger partial charge in [0, 0.05) is 42.1 Å². The van der Waals surface area contributed by atoms with Gasteiger partial charge in [-0.3, -0.25) is 14.5 Å². The summed E-state index contributed by atoms with van der Waals surface area (Å²) in [7, 11) is 0. The van der Waals surface area contributed by atoms with Gasteiger partial charge < -0.3 is 20.1 Å². The van der Waals surface area contributed by atoms with Crippen LogP contribution in [0.25, 0.3) is 0 Å². The van der Waals surface area contributed by atoms with E-state index in [9.17, 15) is 9.59 Å². The van der Waals surface area contributed by atoms with E-state index in [4.69, 9.17) is 9.47 Å². The first-order valence-corrected chi connectivity index (χ1v) is 10.7. The summed E-state index contributed by atoms with van der Waals surface area (Å²) < 4.78 is 11.1. The van der Waals surface area contributed by atoms with Crippen molar-refractivity contribution in [2.75, 3.05) is 36.9 Å². The predicted octanol–water partition coefficient (Wildman–Crippen LogP) is 2.26. The third-order valence-electron chi connectivity index (χ3n) is 5.18. The molecule has 2 aliphatic heterocycles. The van der Waals surface area contributed by atoms with Gasteiger partial charge in [-0.2, -0.15) is 0 Å². The number of benzene rings is 1. The number of nitrogens with zero attached hydrogens (tertiary/aromatic N) is 2. The Balaban J connectivity index is 1.17. The lowest BCUT2D eigenvalue weighted by atomic mass is 10.2. The van der Waals surface area contributed by atoms with Crippen molar-refractivity contribution in [1.29, 1.82) is 0 Å². The highest BCUT2D eigenvalue weighted by Crippen LogP contribution is 2.34. The summed E-state index contributed by atoms with van der Waals surface area (Å²) in [6, 6.07) is 5.42. The smallest absolute Gasteiger partial charge is 0.238 e. The first-order chi connectivity index (χ1) is 14.1. The quantitative estimate of drug-likeness (QED) is 0.780. The Morgan fingerprint density at radius 3 is 2.83 bits per heavy atom. The minimum absolute atomic E-state index is 0.0723. The second-order valence-electron chi connectivity index (χ2n) is 7.52. The van der Waals surface area contributed by atoms with Crippen LogP contribution < -0.4 is 20.1 Å². The molecule has 8 nitrogen and oxygen atoms in total. The number of thiazole rings is 1. The number of anilines is 2. The molecule has 1 fully saturated rings. The van der Waals surface area contributed by atoms with Crippen LogP contribution in [0.3, 0.4) is 0 Å². The standard InChI is InChI=1S/C20H22N4O4S/c25-18(21-13-3-4-15-16(9-13)28-8-7-27-15)11-24-6-5-14-17(10-24)29-20(22-14)23-19(26)12-1-2-12/h3-4,9,12H,1-2,5-8,10-11H2,(H,21,25)(H,22,23,26). The third kappa shape index (κ3) is 4.20. The highest BCUT2D eigenvalue weighted by atomic mass is 32.1. The van der Waals surface area contributed by atoms with Gasteiger partial charge in [0.1, 0.15) is 13.2 Å². The zero-order valence-corrected chi connectivity index (χ0v) is 16.7. The van der Waals surface area contributed by atoms with Gasteiger partial charge in [0.15, 0.2) is 16.6 Å². The second-order valence-corrected chi connectivity index (χ2v) is 8.60. The molecular formula is C20H22N4O4S. The molecule has 1 aromatic carbocycles. The average Bonchev–Trinajstić information content (AvgIpc) is 3.49. The number of hydrogen-bond donors (Lipinski definition) is 2. The largest absolute Gasteiger partial charge is 0.486 e. The summed E-state index contributed by atoms with van der Waals surface area (Å²) in [4.78, 5) is 32.2. The Morgan fingerprint density at radius 1 is 1.17 bits per heavy atom. The van der Waals surface area contributed by atoms with Gasteiger partial charge in [-0.25, -0.2) is 4.98 Å². The van der Waals surface area contributed by atoms with Crippen molar-refractivity contribution in [1.82, 2.24) is 9.88 Å². The molecule has 1 saturated carbocycles. The molecular weight excluding hydrogens is 392 g/mol. The Labute approximate surface area is 172 Å². The van der Waals surface area contributed by atoms with Crippen LogP contribution in [0.15, 0.2) is 18.2 Å². The predicted molar refractivity (Wildman–Crippen MR) is 109 cm³/mol. The maximum absolute atomic E-state index is 12.5. The van der Waals surface area contributed by atoms with Crippen molar-refractivity contribution in [2.45, 2.75) is 25.8 Å². The Kier molecular flexibility index (Phi) is 4.84. The van der Waals surface area contributed by atoms with E-state index in [1.54, 1.807) is 6.07 Å². The van der Waals surface area contributed by atoms with Crippen molar-refractivity contribution >= 4 is 34.0 Å². The van der Waals surface area contributed by atoms with Crippen molar-refractivity contribution in [2.24, 2.45) is 5.92 Å². The number of amides is 2. The SMILES string of the molecule is O=C(CN1CCc2nc(NC(=O)C3CC3)sc2C1)Nc1ccc2c(c1)OCCO2. The highest BCUT2D eigenvalue weighted by molar-refractivity contribution is 7.15. The topological polar surface area (TPSA) is 92.8 Å². The van der Waals surface area contributed by atoms with Crippen LogP contribution in [0.1, 0.15) is 23.4 Å². The van der Waals surface area contributed by atoms with Crippen molar-refractivity contribution in [3.63, 3.8) is 0 Å². The molecule has 1 aliphatic carbocycles. The van der Waals surface area contributed by atoms with Crippen LogP contribution in [-0.4, -0.2) is 48.0 Å². The van der Waals surface area contributed by atoms with Gasteiger partial charge in [-0.05, 0) is 25.0 Å². The molecule has 0 atom stereocenters. The van der Waals surface area contributed by atoms with Crippen molar-refractivity contribution in [3.05, 3.63) is 28.8 Å². The van der Waals surface area contributed by atoms with Gasteiger partial charge in [-0.1, -0.05) is 0 Å². The normalized spacial score (nSPS) is 18.1. The van der Waals surface area contributed by atoms with E-state index in [0.29, 0.717) is 48.6 Å². The molecule has 0 bridgehead atoms. The van der Waals surface area contributed by atoms with Crippen molar-refractivity contribution < 1.29 is 19.1 Å². The molecule has 9 heteroatoms. The number of carbonyl (C=O) groups excluding carboxylic acids is 2. The van der Waals surface area contributed by atoms with Crippen LogP contribution >= 0.6 is 11.3 Å². The summed E-state index contributed by atoms with van der Waals surface area (Å²) in [6.45, 7) is 2.79. The summed E-state index contributed by atoms with van der Waals surface area (Å²) in [5, 5.41) is 6.53. The zero-order chi connectivity index (χ0) is 19.8. The van der Waals surface area contributed by atoms with Crippen LogP contribution in [-0.2, 0) is 22.6 Å². The van der Waals surface area contributed by atoms with Crippen LogP contribution in [0, 0.1) is 5.92 Å². The molecule has 0 spiro atoms. The lowest BCUT2D eigenvalue weighted by molar-refractivity contribution is -0.118. The number of ether oxygens (including phenoxy) is 2. The summed E-state index contributed by atoms with van der Waals surface area (Å²) in [5.74, 6) is 1.52. The Morgan fingerprint density at radius 2 is 2.00 bits per heavy atom. The van der Waals surface area contributed by atoms with E-state index in [-0.39, 0.29) is 17.7 Å². The van der Waals surface area contributed by atoms with E-state index in [1.165, 1.54) is 11.3 Å². The maximum atomic E-state index is 12.5. The second kappa shape index (κ2) is 7.64. The fourth-order valence-corrected chi connectivity index (χ4v) is 4.57. The molecule has 2 amide bonds.